The lowest BCUT2D eigenvalue weighted by molar-refractivity contribution is -0.138. The van der Waals surface area contributed by atoms with Crippen molar-refractivity contribution in [3.63, 3.8) is 0 Å². The van der Waals surface area contributed by atoms with Gasteiger partial charge in [-0.1, -0.05) is 0 Å². The molecule has 2 aliphatic heterocycles. The number of likely N-dealkylation sites (tertiary alicyclic amines) is 1. The first-order chi connectivity index (χ1) is 20.4. The third-order valence-corrected chi connectivity index (χ3v) is 7.70. The van der Waals surface area contributed by atoms with Gasteiger partial charge < -0.3 is 29.1 Å². The van der Waals surface area contributed by atoms with Crippen molar-refractivity contribution >= 4 is 23.5 Å². The number of aromatic nitrogens is 4. The molecule has 2 aromatic heterocycles. The van der Waals surface area contributed by atoms with Gasteiger partial charge in [-0.05, 0) is 70.6 Å². The number of hydrogen-bond acceptors (Lipinski definition) is 8. The summed E-state index contributed by atoms with van der Waals surface area (Å²) >= 11 is 0. The van der Waals surface area contributed by atoms with Gasteiger partial charge in [-0.25, -0.2) is 19.7 Å². The molecule has 13 heteroatoms. The van der Waals surface area contributed by atoms with Crippen molar-refractivity contribution in [2.24, 2.45) is 11.8 Å². The maximum Gasteiger partial charge on any atom is 0.419 e. The monoisotopic (exact) mass is 602 g/mol. The van der Waals surface area contributed by atoms with Crippen LogP contribution in [0.1, 0.15) is 57.8 Å². The Hall–Kier alpha value is -3.74. The molecular weight excluding hydrogens is 565 g/mol. The molecule has 5 rings (SSSR count). The van der Waals surface area contributed by atoms with Crippen LogP contribution in [0.2, 0.25) is 0 Å². The molecule has 0 radical (unpaired) electrons. The van der Waals surface area contributed by atoms with Crippen molar-refractivity contribution in [3.05, 3.63) is 35.9 Å². The van der Waals surface area contributed by atoms with Gasteiger partial charge in [0.1, 0.15) is 22.6 Å². The van der Waals surface area contributed by atoms with Crippen LogP contribution in [0.4, 0.5) is 18.0 Å². The third kappa shape index (κ3) is 7.43. The standard InChI is InChI=1S/C30H37F3N6O4/c1-29(2,3)43-28(40)38-10-6-19(7-11-38)9-13-42-23-5-4-21(14-22(23)30(31,32)33)25-26-27(37-24(15-34)36-25)39(18-35-26)16-20-8-12-41-17-20/h4-5,14-15,18-20,34H,6-13,16-17H2,1-3H3. The summed E-state index contributed by atoms with van der Waals surface area (Å²) in [6.07, 6.45) is 0.494. The van der Waals surface area contributed by atoms with Gasteiger partial charge in [0.2, 0.25) is 0 Å². The number of piperidine rings is 1. The average molecular weight is 603 g/mol. The van der Waals surface area contributed by atoms with Crippen molar-refractivity contribution in [2.75, 3.05) is 32.9 Å². The van der Waals surface area contributed by atoms with Gasteiger partial charge >= 0.3 is 12.3 Å². The first-order valence-electron chi connectivity index (χ1n) is 14.5. The van der Waals surface area contributed by atoms with E-state index in [1.165, 1.54) is 12.1 Å². The topological polar surface area (TPSA) is 115 Å². The van der Waals surface area contributed by atoms with E-state index in [-0.39, 0.29) is 47.4 Å². The van der Waals surface area contributed by atoms with Gasteiger partial charge in [-0.15, -0.1) is 0 Å². The summed E-state index contributed by atoms with van der Waals surface area (Å²) in [5.41, 5.74) is -0.221. The van der Waals surface area contributed by atoms with Gasteiger partial charge in [0.25, 0.3) is 0 Å². The van der Waals surface area contributed by atoms with Crippen LogP contribution in [0.15, 0.2) is 24.5 Å². The lowest BCUT2D eigenvalue weighted by Gasteiger charge is -2.33. The van der Waals surface area contributed by atoms with Gasteiger partial charge in [0, 0.05) is 37.7 Å². The van der Waals surface area contributed by atoms with Crippen molar-refractivity contribution in [1.82, 2.24) is 24.4 Å². The summed E-state index contributed by atoms with van der Waals surface area (Å²) in [5.74, 6) is 0.336. The molecule has 4 heterocycles. The molecule has 2 saturated heterocycles. The van der Waals surface area contributed by atoms with Crippen LogP contribution >= 0.6 is 0 Å². The van der Waals surface area contributed by atoms with E-state index in [2.05, 4.69) is 15.0 Å². The summed E-state index contributed by atoms with van der Waals surface area (Å²) in [5, 5.41) is 7.70. The van der Waals surface area contributed by atoms with Gasteiger partial charge in [0.15, 0.2) is 11.5 Å². The molecule has 3 aromatic rings. The minimum absolute atomic E-state index is 0.0820. The molecule has 232 valence electrons. The molecule has 1 amide bonds. The van der Waals surface area contributed by atoms with Gasteiger partial charge in [-0.2, -0.15) is 13.2 Å². The highest BCUT2D eigenvalue weighted by Crippen LogP contribution is 2.40. The van der Waals surface area contributed by atoms with Crippen molar-refractivity contribution in [3.8, 4) is 17.0 Å². The number of halogens is 3. The highest BCUT2D eigenvalue weighted by atomic mass is 19.4. The lowest BCUT2D eigenvalue weighted by Crippen LogP contribution is -2.41. The van der Waals surface area contributed by atoms with E-state index in [0.29, 0.717) is 50.4 Å². The minimum Gasteiger partial charge on any atom is -0.493 e. The molecule has 2 aliphatic rings. The van der Waals surface area contributed by atoms with E-state index in [1.807, 2.05) is 25.3 Å². The summed E-state index contributed by atoms with van der Waals surface area (Å²) in [4.78, 5) is 27.2. The van der Waals surface area contributed by atoms with E-state index in [0.717, 1.165) is 31.5 Å². The fourth-order valence-electron chi connectivity index (χ4n) is 5.46. The second-order valence-electron chi connectivity index (χ2n) is 12.1. The number of nitrogens with one attached hydrogen (secondary N) is 1. The summed E-state index contributed by atoms with van der Waals surface area (Å²) in [6.45, 7) is 8.56. The smallest absolute Gasteiger partial charge is 0.419 e. The molecule has 0 saturated carbocycles. The predicted octanol–water partition coefficient (Wildman–Crippen LogP) is 5.96. The Balaban J connectivity index is 1.29. The van der Waals surface area contributed by atoms with Crippen LogP contribution in [0.3, 0.4) is 0 Å². The van der Waals surface area contributed by atoms with E-state index >= 15 is 0 Å². The Bertz CT molecular complexity index is 1450. The lowest BCUT2D eigenvalue weighted by atomic mass is 9.94. The van der Waals surface area contributed by atoms with Crippen LogP contribution in [0, 0.1) is 17.2 Å². The first-order valence-corrected chi connectivity index (χ1v) is 14.5. The number of hydrogen-bond donors (Lipinski definition) is 1. The molecule has 10 nitrogen and oxygen atoms in total. The second-order valence-corrected chi connectivity index (χ2v) is 12.1. The molecule has 43 heavy (non-hydrogen) atoms. The third-order valence-electron chi connectivity index (χ3n) is 7.70. The summed E-state index contributed by atoms with van der Waals surface area (Å²) in [6, 6.07) is 3.87. The number of benzene rings is 1. The average Bonchev–Trinajstić information content (AvgIpc) is 3.62. The SMILES string of the molecule is CC(C)(C)OC(=O)N1CCC(CCOc2ccc(-c3nc(C=N)nc4c3ncn4CC3CCOC3)cc2C(F)(F)F)CC1. The molecule has 0 spiro atoms. The summed E-state index contributed by atoms with van der Waals surface area (Å²) < 4.78 is 61.1. The number of rotatable bonds is 8. The van der Waals surface area contributed by atoms with Gasteiger partial charge in [0.05, 0.1) is 31.3 Å². The Morgan fingerprint density at radius 2 is 1.91 bits per heavy atom. The number of nitrogens with zero attached hydrogens (tertiary/aromatic N) is 5. The van der Waals surface area contributed by atoms with Crippen LogP contribution in [-0.2, 0) is 22.2 Å². The minimum atomic E-state index is -4.66. The van der Waals surface area contributed by atoms with Crippen LogP contribution < -0.4 is 4.74 Å². The number of alkyl halides is 3. The van der Waals surface area contributed by atoms with E-state index in [1.54, 1.807) is 11.2 Å². The molecule has 1 aromatic carbocycles. The fraction of sp³-hybridized carbons (Fsp3) is 0.567. The number of fused-ring (bicyclic) bond motifs is 1. The van der Waals surface area contributed by atoms with Crippen molar-refractivity contribution < 1.29 is 32.2 Å². The van der Waals surface area contributed by atoms with E-state index in [9.17, 15) is 18.0 Å². The first kappa shape index (κ1) is 30.7. The molecule has 2 fully saturated rings. The zero-order valence-corrected chi connectivity index (χ0v) is 24.6. The van der Waals surface area contributed by atoms with E-state index in [4.69, 9.17) is 19.6 Å². The molecule has 0 aliphatic carbocycles. The zero-order valence-electron chi connectivity index (χ0n) is 24.6. The largest absolute Gasteiger partial charge is 0.493 e. The van der Waals surface area contributed by atoms with E-state index < -0.39 is 17.3 Å². The maximum absolute atomic E-state index is 14.2. The number of carbonyl (C=O) groups is 1. The molecule has 0 bridgehead atoms. The molecular formula is C30H37F3N6O4. The highest BCUT2D eigenvalue weighted by Gasteiger charge is 2.35. The Labute approximate surface area is 248 Å². The quantitative estimate of drug-likeness (QED) is 0.316. The summed E-state index contributed by atoms with van der Waals surface area (Å²) in [7, 11) is 0. The number of amides is 1. The molecule has 1 atom stereocenters. The Kier molecular flexibility index (Phi) is 8.91. The normalized spacial score (nSPS) is 18.3. The Morgan fingerprint density at radius 3 is 2.56 bits per heavy atom. The molecule has 1 N–H and O–H groups in total. The number of imidazole rings is 1. The van der Waals surface area contributed by atoms with Gasteiger partial charge in [-0.3, -0.25) is 0 Å². The maximum atomic E-state index is 14.2. The zero-order chi connectivity index (χ0) is 30.8. The number of ether oxygens (including phenoxy) is 3. The number of carbonyl (C=O) groups excluding carboxylic acids is 1. The predicted molar refractivity (Wildman–Crippen MR) is 153 cm³/mol. The second kappa shape index (κ2) is 12.5. The molecule has 1 unspecified atom stereocenters. The van der Waals surface area contributed by atoms with Crippen LogP contribution in [-0.4, -0.2) is 75.2 Å². The Morgan fingerprint density at radius 1 is 1.14 bits per heavy atom. The fourth-order valence-corrected chi connectivity index (χ4v) is 5.46. The van der Waals surface area contributed by atoms with Crippen LogP contribution in [0.5, 0.6) is 5.75 Å². The van der Waals surface area contributed by atoms with Crippen LogP contribution in [0.25, 0.3) is 22.4 Å². The van der Waals surface area contributed by atoms with Crippen molar-refractivity contribution in [2.45, 2.75) is 64.8 Å². The van der Waals surface area contributed by atoms with Crippen molar-refractivity contribution in [1.29, 1.82) is 5.41 Å². The highest BCUT2D eigenvalue weighted by molar-refractivity contribution is 5.90.